The van der Waals surface area contributed by atoms with E-state index in [0.717, 1.165) is 31.4 Å². The lowest BCUT2D eigenvalue weighted by atomic mass is 9.78. The Hall–Kier alpha value is -2.15. The van der Waals surface area contributed by atoms with Gasteiger partial charge in [0.05, 0.1) is 5.69 Å². The van der Waals surface area contributed by atoms with E-state index in [1.54, 1.807) is 0 Å². The molecule has 1 unspecified atom stereocenters. The summed E-state index contributed by atoms with van der Waals surface area (Å²) in [7, 11) is 0. The number of para-hydroxylation sites is 1. The smallest absolute Gasteiger partial charge is 0.0689 e. The molecule has 2 rings (SSSR count). The van der Waals surface area contributed by atoms with Crippen LogP contribution in [-0.4, -0.2) is 6.21 Å². The number of aryl methyl sites for hydroxylation is 2. The first-order chi connectivity index (χ1) is 13.3. The van der Waals surface area contributed by atoms with E-state index in [2.05, 4.69) is 96.8 Å². The second kappa shape index (κ2) is 9.87. The van der Waals surface area contributed by atoms with Crippen molar-refractivity contribution in [1.29, 1.82) is 0 Å². The standard InChI is InChI=1S/C27H37N/c1-8-23-11-10-12-24(9-2)26(23)28-19-27(7,18-21(5)6)25-15-13-22(14-16-25)17-20(3)4/h10-16,19-20H,5,8-9,17-18H2,1-4,6-7H3. The number of benzene rings is 2. The van der Waals surface area contributed by atoms with Gasteiger partial charge in [-0.15, -0.1) is 6.58 Å². The van der Waals surface area contributed by atoms with E-state index >= 15 is 0 Å². The molecule has 0 saturated carbocycles. The molecule has 0 aliphatic carbocycles. The Bertz CT molecular complexity index is 788. The minimum absolute atomic E-state index is 0.159. The summed E-state index contributed by atoms with van der Waals surface area (Å²) in [6, 6.07) is 15.6. The normalized spacial score (nSPS) is 13.8. The van der Waals surface area contributed by atoms with E-state index in [-0.39, 0.29) is 5.41 Å². The van der Waals surface area contributed by atoms with Crippen LogP contribution < -0.4 is 0 Å². The summed E-state index contributed by atoms with van der Waals surface area (Å²) in [4.78, 5) is 5.05. The molecule has 0 bridgehead atoms. The molecule has 0 saturated heterocycles. The van der Waals surface area contributed by atoms with Crippen molar-refractivity contribution in [3.05, 3.63) is 76.9 Å². The fourth-order valence-electron chi connectivity index (χ4n) is 3.93. The average Bonchev–Trinajstić information content (AvgIpc) is 2.65. The number of allylic oxidation sites excluding steroid dienone is 1. The first-order valence-corrected chi connectivity index (χ1v) is 10.7. The first kappa shape index (κ1) is 22.1. The number of hydrogen-bond acceptors (Lipinski definition) is 1. The predicted molar refractivity (Wildman–Crippen MR) is 125 cm³/mol. The molecule has 1 nitrogen and oxygen atoms in total. The average molecular weight is 376 g/mol. The van der Waals surface area contributed by atoms with E-state index in [0.29, 0.717) is 5.92 Å². The van der Waals surface area contributed by atoms with Crippen LogP contribution in [0.4, 0.5) is 5.69 Å². The summed E-state index contributed by atoms with van der Waals surface area (Å²) >= 11 is 0. The monoisotopic (exact) mass is 375 g/mol. The van der Waals surface area contributed by atoms with Gasteiger partial charge in [0, 0.05) is 11.6 Å². The van der Waals surface area contributed by atoms with Crippen LogP contribution in [0.15, 0.2) is 59.6 Å². The zero-order chi connectivity index (χ0) is 20.7. The summed E-state index contributed by atoms with van der Waals surface area (Å²) in [6.45, 7) is 17.5. The lowest BCUT2D eigenvalue weighted by Crippen LogP contribution is -2.24. The lowest BCUT2D eigenvalue weighted by Gasteiger charge is -2.27. The van der Waals surface area contributed by atoms with Gasteiger partial charge >= 0.3 is 0 Å². The fourth-order valence-corrected chi connectivity index (χ4v) is 3.93. The number of rotatable bonds is 9. The summed E-state index contributed by atoms with van der Waals surface area (Å²) < 4.78 is 0. The lowest BCUT2D eigenvalue weighted by molar-refractivity contribution is 0.636. The zero-order valence-corrected chi connectivity index (χ0v) is 18.7. The highest BCUT2D eigenvalue weighted by atomic mass is 14.7. The Morgan fingerprint density at radius 2 is 1.61 bits per heavy atom. The van der Waals surface area contributed by atoms with Crippen molar-refractivity contribution < 1.29 is 0 Å². The predicted octanol–water partition coefficient (Wildman–Crippen LogP) is 7.64. The van der Waals surface area contributed by atoms with Gasteiger partial charge in [-0.25, -0.2) is 0 Å². The van der Waals surface area contributed by atoms with Crippen molar-refractivity contribution in [3.8, 4) is 0 Å². The van der Waals surface area contributed by atoms with Crippen LogP contribution in [0.3, 0.4) is 0 Å². The topological polar surface area (TPSA) is 12.4 Å². The van der Waals surface area contributed by atoms with Crippen molar-refractivity contribution in [2.24, 2.45) is 10.9 Å². The quantitative estimate of drug-likeness (QED) is 0.315. The zero-order valence-electron chi connectivity index (χ0n) is 18.7. The first-order valence-electron chi connectivity index (χ1n) is 10.7. The molecular weight excluding hydrogens is 338 g/mol. The van der Waals surface area contributed by atoms with Crippen LogP contribution in [0, 0.1) is 5.92 Å². The maximum absolute atomic E-state index is 5.05. The molecule has 28 heavy (non-hydrogen) atoms. The van der Waals surface area contributed by atoms with Crippen LogP contribution in [0.2, 0.25) is 0 Å². The Balaban J connectivity index is 2.43. The summed E-state index contributed by atoms with van der Waals surface area (Å²) in [5, 5.41) is 0. The van der Waals surface area contributed by atoms with Gasteiger partial charge in [-0.05, 0) is 60.8 Å². The van der Waals surface area contributed by atoms with Gasteiger partial charge in [0.1, 0.15) is 0 Å². The highest BCUT2D eigenvalue weighted by molar-refractivity contribution is 5.78. The summed E-state index contributed by atoms with van der Waals surface area (Å²) in [5.74, 6) is 0.673. The Morgan fingerprint density at radius 1 is 1.04 bits per heavy atom. The van der Waals surface area contributed by atoms with Crippen molar-refractivity contribution in [2.75, 3.05) is 0 Å². The molecule has 150 valence electrons. The largest absolute Gasteiger partial charge is 0.260 e. The molecule has 0 aliphatic heterocycles. The Kier molecular flexibility index (Phi) is 7.80. The third-order valence-corrected chi connectivity index (χ3v) is 5.37. The maximum atomic E-state index is 5.05. The van der Waals surface area contributed by atoms with Gasteiger partial charge in [-0.2, -0.15) is 0 Å². The molecule has 0 radical (unpaired) electrons. The fraction of sp³-hybridized carbons (Fsp3) is 0.444. The molecule has 1 heteroatoms. The minimum atomic E-state index is -0.159. The van der Waals surface area contributed by atoms with Crippen LogP contribution in [-0.2, 0) is 24.7 Å². The van der Waals surface area contributed by atoms with Crippen molar-refractivity contribution in [2.45, 2.75) is 72.6 Å². The van der Waals surface area contributed by atoms with E-state index in [4.69, 9.17) is 4.99 Å². The van der Waals surface area contributed by atoms with E-state index in [9.17, 15) is 0 Å². The highest BCUT2D eigenvalue weighted by Crippen LogP contribution is 2.32. The van der Waals surface area contributed by atoms with Crippen LogP contribution in [0.1, 0.15) is 70.2 Å². The van der Waals surface area contributed by atoms with Gasteiger partial charge in [0.2, 0.25) is 0 Å². The number of hydrogen-bond donors (Lipinski definition) is 0. The van der Waals surface area contributed by atoms with E-state index in [1.165, 1.54) is 27.8 Å². The molecule has 2 aromatic carbocycles. The molecule has 1 atom stereocenters. The van der Waals surface area contributed by atoms with Crippen molar-refractivity contribution in [1.82, 2.24) is 0 Å². The van der Waals surface area contributed by atoms with Gasteiger partial charge in [-0.3, -0.25) is 4.99 Å². The molecule has 0 spiro atoms. The third-order valence-electron chi connectivity index (χ3n) is 5.37. The number of nitrogens with zero attached hydrogens (tertiary/aromatic N) is 1. The molecule has 0 fully saturated rings. The van der Waals surface area contributed by atoms with E-state index in [1.807, 2.05) is 0 Å². The molecule has 2 aromatic rings. The van der Waals surface area contributed by atoms with Crippen molar-refractivity contribution >= 4 is 11.9 Å². The van der Waals surface area contributed by atoms with Gasteiger partial charge in [0.25, 0.3) is 0 Å². The van der Waals surface area contributed by atoms with Gasteiger partial charge < -0.3 is 0 Å². The highest BCUT2D eigenvalue weighted by Gasteiger charge is 2.25. The molecule has 0 amide bonds. The van der Waals surface area contributed by atoms with Crippen LogP contribution >= 0.6 is 0 Å². The molecule has 0 N–H and O–H groups in total. The Labute approximate surface area is 172 Å². The molecule has 0 heterocycles. The molecule has 0 aromatic heterocycles. The van der Waals surface area contributed by atoms with E-state index < -0.39 is 0 Å². The summed E-state index contributed by atoms with van der Waals surface area (Å²) in [5.41, 5.74) is 7.52. The Morgan fingerprint density at radius 3 is 2.07 bits per heavy atom. The van der Waals surface area contributed by atoms with Gasteiger partial charge in [0.15, 0.2) is 0 Å². The van der Waals surface area contributed by atoms with Crippen LogP contribution in [0.25, 0.3) is 0 Å². The number of aliphatic imine (C=N–C) groups is 1. The van der Waals surface area contributed by atoms with Gasteiger partial charge in [-0.1, -0.05) is 82.7 Å². The minimum Gasteiger partial charge on any atom is -0.260 e. The SMILES string of the molecule is C=C(C)CC(C)(C=Nc1c(CC)cccc1CC)c1ccc(CC(C)C)cc1. The van der Waals surface area contributed by atoms with Crippen molar-refractivity contribution in [3.63, 3.8) is 0 Å². The summed E-state index contributed by atoms with van der Waals surface area (Å²) in [6.07, 6.45) is 6.18. The third kappa shape index (κ3) is 5.67. The van der Waals surface area contributed by atoms with Crippen LogP contribution in [0.5, 0.6) is 0 Å². The maximum Gasteiger partial charge on any atom is 0.0689 e. The molecular formula is C27H37N. The second-order valence-electron chi connectivity index (χ2n) is 8.74. The second-order valence-corrected chi connectivity index (χ2v) is 8.74. The molecule has 0 aliphatic rings.